The van der Waals surface area contributed by atoms with Gasteiger partial charge in [-0.15, -0.1) is 0 Å². The van der Waals surface area contributed by atoms with E-state index in [-0.39, 0.29) is 22.3 Å². The van der Waals surface area contributed by atoms with Crippen molar-refractivity contribution >= 4 is 11.8 Å². The number of rotatable bonds is 4. The highest BCUT2D eigenvalue weighted by Crippen LogP contribution is 2.35. The molecule has 0 fully saturated rings. The maximum atomic E-state index is 11.4. The van der Waals surface area contributed by atoms with Crippen molar-refractivity contribution in [2.75, 3.05) is 0 Å². The van der Waals surface area contributed by atoms with Crippen LogP contribution in [0.5, 0.6) is 0 Å². The third-order valence-corrected chi connectivity index (χ3v) is 4.53. The van der Waals surface area contributed by atoms with E-state index in [1.165, 1.54) is 6.07 Å². The maximum absolute atomic E-state index is 11.4. The second-order valence-corrected chi connectivity index (χ2v) is 6.80. The van der Waals surface area contributed by atoms with Gasteiger partial charge in [-0.1, -0.05) is 39.5 Å². The van der Waals surface area contributed by atoms with Gasteiger partial charge in [-0.2, -0.15) is 0 Å². The van der Waals surface area contributed by atoms with Crippen molar-refractivity contribution in [3.8, 4) is 0 Å². The zero-order valence-electron chi connectivity index (χ0n) is 11.8. The molecule has 102 valence electrons. The Morgan fingerprint density at radius 1 is 1.50 bits per heavy atom. The van der Waals surface area contributed by atoms with E-state index in [0.717, 1.165) is 12.1 Å². The summed E-state index contributed by atoms with van der Waals surface area (Å²) in [5.74, 6) is 0. The van der Waals surface area contributed by atoms with Gasteiger partial charge in [0.2, 0.25) is 0 Å². The molecule has 0 bridgehead atoms. The standard InChI is InChI=1S/C13H23N3OS/c1-6-9(14)11(13(3,4)5)18-12-15-8(2)7-10(17)16-12/h7,9,11H,6,14H2,1-5H3,(H,15,16,17). The van der Waals surface area contributed by atoms with Crippen molar-refractivity contribution in [3.05, 3.63) is 22.1 Å². The van der Waals surface area contributed by atoms with Crippen molar-refractivity contribution in [1.82, 2.24) is 9.97 Å². The normalized spacial score (nSPS) is 15.4. The molecule has 1 aromatic rings. The van der Waals surface area contributed by atoms with Crippen LogP contribution in [-0.2, 0) is 0 Å². The smallest absolute Gasteiger partial charge is 0.251 e. The molecule has 0 saturated carbocycles. The van der Waals surface area contributed by atoms with Gasteiger partial charge < -0.3 is 10.7 Å². The van der Waals surface area contributed by atoms with Crippen LogP contribution in [0, 0.1) is 12.3 Å². The molecule has 3 N–H and O–H groups in total. The predicted molar refractivity (Wildman–Crippen MR) is 77.0 cm³/mol. The summed E-state index contributed by atoms with van der Waals surface area (Å²) in [5, 5.41) is 0.872. The Hall–Kier alpha value is -0.810. The average molecular weight is 269 g/mol. The lowest BCUT2D eigenvalue weighted by atomic mass is 9.87. The van der Waals surface area contributed by atoms with E-state index in [1.807, 2.05) is 6.92 Å². The summed E-state index contributed by atoms with van der Waals surface area (Å²) in [6.07, 6.45) is 0.908. The van der Waals surface area contributed by atoms with Crippen LogP contribution in [-0.4, -0.2) is 21.3 Å². The number of nitrogens with zero attached hydrogens (tertiary/aromatic N) is 1. The molecule has 0 aliphatic rings. The van der Waals surface area contributed by atoms with Crippen LogP contribution in [0.4, 0.5) is 0 Å². The first kappa shape index (κ1) is 15.2. The lowest BCUT2D eigenvalue weighted by Crippen LogP contribution is -2.40. The summed E-state index contributed by atoms with van der Waals surface area (Å²) < 4.78 is 0. The molecular weight excluding hydrogens is 246 g/mol. The first-order valence-electron chi connectivity index (χ1n) is 6.24. The third kappa shape index (κ3) is 4.14. The molecule has 2 atom stereocenters. The molecule has 0 aliphatic heterocycles. The minimum Gasteiger partial charge on any atom is -0.327 e. The second-order valence-electron chi connectivity index (χ2n) is 5.67. The summed E-state index contributed by atoms with van der Waals surface area (Å²) in [5.41, 5.74) is 6.87. The first-order valence-corrected chi connectivity index (χ1v) is 7.12. The number of aromatic nitrogens is 2. The van der Waals surface area contributed by atoms with Gasteiger partial charge in [0.1, 0.15) is 0 Å². The summed E-state index contributed by atoms with van der Waals surface area (Å²) >= 11 is 1.56. The number of aryl methyl sites for hydroxylation is 1. The summed E-state index contributed by atoms with van der Waals surface area (Å²) in [7, 11) is 0. The van der Waals surface area contributed by atoms with Crippen LogP contribution in [0.1, 0.15) is 39.8 Å². The average Bonchev–Trinajstić information content (AvgIpc) is 2.22. The molecular formula is C13H23N3OS. The molecule has 18 heavy (non-hydrogen) atoms. The highest BCUT2D eigenvalue weighted by molar-refractivity contribution is 7.99. The van der Waals surface area contributed by atoms with Crippen LogP contribution in [0.3, 0.4) is 0 Å². The van der Waals surface area contributed by atoms with Gasteiger partial charge in [-0.25, -0.2) is 4.98 Å². The Morgan fingerprint density at radius 3 is 2.56 bits per heavy atom. The third-order valence-electron chi connectivity index (χ3n) is 2.80. The van der Waals surface area contributed by atoms with E-state index in [4.69, 9.17) is 5.73 Å². The van der Waals surface area contributed by atoms with Gasteiger partial charge in [0.05, 0.1) is 0 Å². The molecule has 4 nitrogen and oxygen atoms in total. The quantitative estimate of drug-likeness (QED) is 0.650. The minimum absolute atomic E-state index is 0.0579. The van der Waals surface area contributed by atoms with E-state index >= 15 is 0 Å². The van der Waals surface area contributed by atoms with E-state index in [1.54, 1.807) is 11.8 Å². The Balaban J connectivity index is 3.00. The Labute approximate surface area is 113 Å². The zero-order chi connectivity index (χ0) is 13.9. The maximum Gasteiger partial charge on any atom is 0.251 e. The monoisotopic (exact) mass is 269 g/mol. The van der Waals surface area contributed by atoms with Gasteiger partial charge in [0.25, 0.3) is 5.56 Å². The number of nitrogens with one attached hydrogen (secondary N) is 1. The Bertz CT molecular complexity index is 450. The highest BCUT2D eigenvalue weighted by Gasteiger charge is 2.31. The van der Waals surface area contributed by atoms with Crippen molar-refractivity contribution < 1.29 is 0 Å². The number of hydrogen-bond acceptors (Lipinski definition) is 4. The van der Waals surface area contributed by atoms with Crippen LogP contribution in [0.2, 0.25) is 0 Å². The zero-order valence-corrected chi connectivity index (χ0v) is 12.6. The molecule has 0 amide bonds. The van der Waals surface area contributed by atoms with E-state index < -0.39 is 0 Å². The fourth-order valence-corrected chi connectivity index (χ4v) is 3.17. The fraction of sp³-hybridized carbons (Fsp3) is 0.692. The number of H-pyrrole nitrogens is 1. The molecule has 0 saturated heterocycles. The molecule has 0 spiro atoms. The highest BCUT2D eigenvalue weighted by atomic mass is 32.2. The van der Waals surface area contributed by atoms with Gasteiger partial charge in [0.15, 0.2) is 5.16 Å². The summed E-state index contributed by atoms with van der Waals surface area (Å²) in [6, 6.07) is 1.58. The lowest BCUT2D eigenvalue weighted by Gasteiger charge is -2.33. The number of hydrogen-bond donors (Lipinski definition) is 2. The number of nitrogens with two attached hydrogens (primary N) is 1. The summed E-state index contributed by atoms with van der Waals surface area (Å²) in [6.45, 7) is 10.4. The lowest BCUT2D eigenvalue weighted by molar-refractivity contribution is 0.349. The minimum atomic E-state index is -0.109. The molecule has 1 heterocycles. The van der Waals surface area contributed by atoms with Crippen molar-refractivity contribution in [2.45, 2.75) is 57.5 Å². The second kappa shape index (κ2) is 5.89. The van der Waals surface area contributed by atoms with Gasteiger partial charge in [0, 0.05) is 23.1 Å². The van der Waals surface area contributed by atoms with Crippen molar-refractivity contribution in [3.63, 3.8) is 0 Å². The van der Waals surface area contributed by atoms with Gasteiger partial charge in [-0.3, -0.25) is 4.79 Å². The molecule has 1 aromatic heterocycles. The fourth-order valence-electron chi connectivity index (χ4n) is 1.85. The number of thioether (sulfide) groups is 1. The van der Waals surface area contributed by atoms with E-state index in [0.29, 0.717) is 5.16 Å². The van der Waals surface area contributed by atoms with Crippen molar-refractivity contribution in [1.29, 1.82) is 0 Å². The topological polar surface area (TPSA) is 71.8 Å². The number of aromatic amines is 1. The predicted octanol–water partition coefficient (Wildman–Crippen LogP) is 2.32. The largest absolute Gasteiger partial charge is 0.327 e. The molecule has 0 radical (unpaired) electrons. The SMILES string of the molecule is CCC(N)C(Sc1nc(C)cc(=O)[nH]1)C(C)(C)C. The molecule has 2 unspecified atom stereocenters. The molecule has 0 aliphatic carbocycles. The first-order chi connectivity index (χ1) is 8.24. The van der Waals surface area contributed by atoms with Crippen LogP contribution < -0.4 is 11.3 Å². The Morgan fingerprint density at radius 2 is 2.11 bits per heavy atom. The van der Waals surface area contributed by atoms with Crippen LogP contribution >= 0.6 is 11.8 Å². The molecule has 5 heteroatoms. The van der Waals surface area contributed by atoms with Crippen LogP contribution in [0.25, 0.3) is 0 Å². The van der Waals surface area contributed by atoms with E-state index in [2.05, 4.69) is 37.7 Å². The van der Waals surface area contributed by atoms with Crippen molar-refractivity contribution in [2.24, 2.45) is 11.1 Å². The van der Waals surface area contributed by atoms with Gasteiger partial charge >= 0.3 is 0 Å². The molecule has 1 rings (SSSR count). The Kier molecular flexibility index (Phi) is 4.99. The van der Waals surface area contributed by atoms with Crippen LogP contribution in [0.15, 0.2) is 16.0 Å². The molecule has 0 aromatic carbocycles. The summed E-state index contributed by atoms with van der Waals surface area (Å²) in [4.78, 5) is 18.6. The van der Waals surface area contributed by atoms with E-state index in [9.17, 15) is 4.79 Å². The van der Waals surface area contributed by atoms with Gasteiger partial charge in [-0.05, 0) is 18.8 Å².